The Labute approximate surface area is 183 Å². The summed E-state index contributed by atoms with van der Waals surface area (Å²) in [5, 5.41) is 6.28. The second-order valence-corrected chi connectivity index (χ2v) is 7.66. The lowest BCUT2D eigenvalue weighted by molar-refractivity contribution is -0.119. The molecule has 1 saturated heterocycles. The van der Waals surface area contributed by atoms with Crippen molar-refractivity contribution >= 4 is 35.6 Å². The van der Waals surface area contributed by atoms with Gasteiger partial charge in [0, 0.05) is 17.9 Å². The van der Waals surface area contributed by atoms with Gasteiger partial charge >= 0.3 is 0 Å². The van der Waals surface area contributed by atoms with Crippen LogP contribution in [0.25, 0.3) is 0 Å². The molecule has 0 bridgehead atoms. The summed E-state index contributed by atoms with van der Waals surface area (Å²) in [5.41, 5.74) is 3.70. The number of carbonyl (C=O) groups is 2. The standard InChI is InChI=1S/C23H27N3O3.ClH/c1-29-19-6-4-5-16(13-19)14-22(27)26-12-10-17-8-9-18(15-21(17)26)25-23(28)20-7-2-3-11-24-20;/h4-6,8-9,13,15,20,24H,2-3,7,10-12,14H2,1H3,(H,25,28);1H. The van der Waals surface area contributed by atoms with E-state index in [-0.39, 0.29) is 30.3 Å². The minimum Gasteiger partial charge on any atom is -0.497 e. The highest BCUT2D eigenvalue weighted by Crippen LogP contribution is 2.31. The van der Waals surface area contributed by atoms with Gasteiger partial charge in [-0.15, -0.1) is 12.4 Å². The first-order valence-electron chi connectivity index (χ1n) is 10.2. The Kier molecular flexibility index (Phi) is 7.34. The van der Waals surface area contributed by atoms with Crippen LogP contribution in [0, 0.1) is 0 Å². The van der Waals surface area contributed by atoms with Crippen LogP contribution in [0.15, 0.2) is 42.5 Å². The molecule has 1 fully saturated rings. The highest BCUT2D eigenvalue weighted by atomic mass is 35.5. The first kappa shape index (κ1) is 22.1. The zero-order chi connectivity index (χ0) is 20.2. The third kappa shape index (κ3) is 4.94. The van der Waals surface area contributed by atoms with Gasteiger partial charge in [0.05, 0.1) is 19.6 Å². The highest BCUT2D eigenvalue weighted by Gasteiger charge is 2.26. The molecule has 0 radical (unpaired) electrons. The summed E-state index contributed by atoms with van der Waals surface area (Å²) in [7, 11) is 1.62. The minimum atomic E-state index is -0.136. The van der Waals surface area contributed by atoms with E-state index in [1.807, 2.05) is 47.4 Å². The van der Waals surface area contributed by atoms with E-state index in [0.29, 0.717) is 13.0 Å². The van der Waals surface area contributed by atoms with Crippen molar-refractivity contribution in [1.29, 1.82) is 0 Å². The van der Waals surface area contributed by atoms with Crippen molar-refractivity contribution in [2.45, 2.75) is 38.1 Å². The van der Waals surface area contributed by atoms with E-state index >= 15 is 0 Å². The SMILES string of the molecule is COc1cccc(CC(=O)N2CCc3ccc(NC(=O)C4CCCCN4)cc32)c1.Cl. The Balaban J connectivity index is 0.00000256. The van der Waals surface area contributed by atoms with Crippen LogP contribution in [-0.2, 0) is 22.4 Å². The van der Waals surface area contributed by atoms with Gasteiger partial charge < -0.3 is 20.3 Å². The summed E-state index contributed by atoms with van der Waals surface area (Å²) < 4.78 is 5.25. The maximum atomic E-state index is 12.9. The van der Waals surface area contributed by atoms with Gasteiger partial charge in [0.25, 0.3) is 0 Å². The molecule has 30 heavy (non-hydrogen) atoms. The van der Waals surface area contributed by atoms with Crippen molar-refractivity contribution < 1.29 is 14.3 Å². The van der Waals surface area contributed by atoms with Crippen molar-refractivity contribution in [2.24, 2.45) is 0 Å². The summed E-state index contributed by atoms with van der Waals surface area (Å²) in [4.78, 5) is 27.3. The molecule has 0 aromatic heterocycles. The molecule has 2 aliphatic rings. The van der Waals surface area contributed by atoms with Gasteiger partial charge in [0.2, 0.25) is 11.8 Å². The van der Waals surface area contributed by atoms with Crippen molar-refractivity contribution in [3.8, 4) is 5.75 Å². The van der Waals surface area contributed by atoms with Crippen LogP contribution in [0.5, 0.6) is 5.75 Å². The van der Waals surface area contributed by atoms with Gasteiger partial charge in [-0.25, -0.2) is 0 Å². The van der Waals surface area contributed by atoms with Crippen LogP contribution in [-0.4, -0.2) is 38.1 Å². The molecule has 160 valence electrons. The lowest BCUT2D eigenvalue weighted by atomic mass is 10.0. The quantitative estimate of drug-likeness (QED) is 0.764. The molecule has 2 heterocycles. The topological polar surface area (TPSA) is 70.7 Å². The zero-order valence-corrected chi connectivity index (χ0v) is 18.0. The van der Waals surface area contributed by atoms with Crippen molar-refractivity contribution in [3.63, 3.8) is 0 Å². The second-order valence-electron chi connectivity index (χ2n) is 7.66. The first-order chi connectivity index (χ1) is 14.1. The number of amides is 2. The number of halogens is 1. The molecule has 0 saturated carbocycles. The highest BCUT2D eigenvalue weighted by molar-refractivity contribution is 5.99. The van der Waals surface area contributed by atoms with Crippen LogP contribution in [0.3, 0.4) is 0 Å². The fraction of sp³-hybridized carbons (Fsp3) is 0.391. The fourth-order valence-corrected chi connectivity index (χ4v) is 4.07. The normalized spacial score (nSPS) is 17.6. The Morgan fingerprint density at radius 3 is 2.83 bits per heavy atom. The number of anilines is 2. The number of nitrogens with one attached hydrogen (secondary N) is 2. The number of hydrogen-bond acceptors (Lipinski definition) is 4. The molecule has 7 heteroatoms. The molecular weight excluding hydrogens is 402 g/mol. The van der Waals surface area contributed by atoms with Crippen molar-refractivity contribution in [2.75, 3.05) is 30.4 Å². The number of piperidine rings is 1. The smallest absolute Gasteiger partial charge is 0.241 e. The fourth-order valence-electron chi connectivity index (χ4n) is 4.07. The van der Waals surface area contributed by atoms with E-state index < -0.39 is 0 Å². The maximum absolute atomic E-state index is 12.9. The number of carbonyl (C=O) groups excluding carboxylic acids is 2. The molecule has 2 aromatic rings. The molecule has 4 rings (SSSR count). The van der Waals surface area contributed by atoms with Gasteiger partial charge in [-0.1, -0.05) is 24.6 Å². The molecule has 0 spiro atoms. The molecule has 1 unspecified atom stereocenters. The van der Waals surface area contributed by atoms with Crippen molar-refractivity contribution in [1.82, 2.24) is 5.32 Å². The van der Waals surface area contributed by atoms with Crippen LogP contribution >= 0.6 is 12.4 Å². The molecule has 1 atom stereocenters. The third-order valence-electron chi connectivity index (χ3n) is 5.67. The van der Waals surface area contributed by atoms with E-state index in [1.54, 1.807) is 7.11 Å². The number of ether oxygens (including phenoxy) is 1. The lowest BCUT2D eigenvalue weighted by Crippen LogP contribution is -2.43. The number of rotatable bonds is 5. The lowest BCUT2D eigenvalue weighted by Gasteiger charge is -2.23. The number of nitrogens with zero attached hydrogens (tertiary/aromatic N) is 1. The molecule has 2 aromatic carbocycles. The van der Waals surface area contributed by atoms with Crippen LogP contribution in [0.1, 0.15) is 30.4 Å². The van der Waals surface area contributed by atoms with Crippen LogP contribution in [0.4, 0.5) is 11.4 Å². The molecule has 2 aliphatic heterocycles. The number of methoxy groups -OCH3 is 1. The van der Waals surface area contributed by atoms with Crippen LogP contribution < -0.4 is 20.3 Å². The monoisotopic (exact) mass is 429 g/mol. The van der Waals surface area contributed by atoms with E-state index in [2.05, 4.69) is 10.6 Å². The van der Waals surface area contributed by atoms with Crippen molar-refractivity contribution in [3.05, 3.63) is 53.6 Å². The average molecular weight is 430 g/mol. The van der Waals surface area contributed by atoms with Gasteiger partial charge in [-0.3, -0.25) is 9.59 Å². The summed E-state index contributed by atoms with van der Waals surface area (Å²) in [6, 6.07) is 13.3. The largest absolute Gasteiger partial charge is 0.497 e. The Bertz CT molecular complexity index is 912. The summed E-state index contributed by atoms with van der Waals surface area (Å²) in [6.07, 6.45) is 4.20. The Hall–Kier alpha value is -2.57. The van der Waals surface area contributed by atoms with Gasteiger partial charge in [0.1, 0.15) is 5.75 Å². The van der Waals surface area contributed by atoms with E-state index in [4.69, 9.17) is 4.74 Å². The number of fused-ring (bicyclic) bond motifs is 1. The molecule has 0 aliphatic carbocycles. The minimum absolute atomic E-state index is 0. The maximum Gasteiger partial charge on any atom is 0.241 e. The average Bonchev–Trinajstić information content (AvgIpc) is 3.18. The van der Waals surface area contributed by atoms with Gasteiger partial charge in [0.15, 0.2) is 0 Å². The second kappa shape index (κ2) is 9.96. The van der Waals surface area contributed by atoms with E-state index in [9.17, 15) is 9.59 Å². The Morgan fingerprint density at radius 1 is 1.20 bits per heavy atom. The molecule has 2 N–H and O–H groups in total. The molecule has 2 amide bonds. The van der Waals surface area contributed by atoms with Gasteiger partial charge in [-0.05, 0) is 61.2 Å². The molecular formula is C23H28ClN3O3. The number of benzene rings is 2. The summed E-state index contributed by atoms with van der Waals surface area (Å²) >= 11 is 0. The van der Waals surface area contributed by atoms with E-state index in [1.165, 1.54) is 0 Å². The Morgan fingerprint density at radius 2 is 2.07 bits per heavy atom. The first-order valence-corrected chi connectivity index (χ1v) is 10.2. The predicted octanol–water partition coefficient (Wildman–Crippen LogP) is 3.33. The summed E-state index contributed by atoms with van der Waals surface area (Å²) in [6.45, 7) is 1.55. The van der Waals surface area contributed by atoms with Gasteiger partial charge in [-0.2, -0.15) is 0 Å². The van der Waals surface area contributed by atoms with E-state index in [0.717, 1.165) is 60.5 Å². The number of hydrogen-bond donors (Lipinski definition) is 2. The molecule has 6 nitrogen and oxygen atoms in total. The third-order valence-corrected chi connectivity index (χ3v) is 5.67. The summed E-state index contributed by atoms with van der Waals surface area (Å²) in [5.74, 6) is 0.796. The zero-order valence-electron chi connectivity index (χ0n) is 17.1. The predicted molar refractivity (Wildman–Crippen MR) is 121 cm³/mol. The van der Waals surface area contributed by atoms with Crippen LogP contribution in [0.2, 0.25) is 0 Å².